The van der Waals surface area contributed by atoms with Crippen molar-refractivity contribution in [1.82, 2.24) is 14.1 Å². The Hall–Kier alpha value is -2.37. The lowest BCUT2D eigenvalue weighted by molar-refractivity contribution is 0.0694. The van der Waals surface area contributed by atoms with Gasteiger partial charge in [0.2, 0.25) is 0 Å². The van der Waals surface area contributed by atoms with E-state index in [9.17, 15) is 14.7 Å². The van der Waals surface area contributed by atoms with Crippen LogP contribution in [0.4, 0.5) is 0 Å². The molecule has 0 bridgehead atoms. The smallest absolute Gasteiger partial charge is 0.337 e. The lowest BCUT2D eigenvalue weighted by atomic mass is 10.1. The summed E-state index contributed by atoms with van der Waals surface area (Å²) in [6.07, 6.45) is 3.42. The van der Waals surface area contributed by atoms with Gasteiger partial charge in [0.25, 0.3) is 5.56 Å². The molecular formula is C13H15N3O3. The Morgan fingerprint density at radius 1 is 1.42 bits per heavy atom. The van der Waals surface area contributed by atoms with Gasteiger partial charge in [-0.3, -0.25) is 4.79 Å². The third-order valence-electron chi connectivity index (χ3n) is 3.20. The highest BCUT2D eigenvalue weighted by Crippen LogP contribution is 2.12. The predicted octanol–water partition coefficient (Wildman–Crippen LogP) is 0.945. The molecule has 0 aromatic carbocycles. The molecule has 0 amide bonds. The van der Waals surface area contributed by atoms with E-state index in [-0.39, 0.29) is 17.7 Å². The molecule has 19 heavy (non-hydrogen) atoms. The maximum absolute atomic E-state index is 12.0. The summed E-state index contributed by atoms with van der Waals surface area (Å²) in [4.78, 5) is 27.4. The number of aryl methyl sites for hydroxylation is 2. The molecule has 6 heteroatoms. The fourth-order valence-electron chi connectivity index (χ4n) is 2.13. The van der Waals surface area contributed by atoms with Crippen molar-refractivity contribution in [2.24, 2.45) is 7.05 Å². The Kier molecular flexibility index (Phi) is 3.25. The molecule has 6 nitrogen and oxygen atoms in total. The number of aromatic nitrogens is 3. The summed E-state index contributed by atoms with van der Waals surface area (Å²) in [5.74, 6) is -0.325. The number of carboxylic acids is 1. The number of hydrogen-bond donors (Lipinski definition) is 1. The number of hydrogen-bond acceptors (Lipinski definition) is 3. The van der Waals surface area contributed by atoms with Gasteiger partial charge in [-0.2, -0.15) is 0 Å². The van der Waals surface area contributed by atoms with Crippen molar-refractivity contribution in [2.45, 2.75) is 20.4 Å². The molecule has 0 aliphatic rings. The molecule has 0 saturated carbocycles. The van der Waals surface area contributed by atoms with E-state index >= 15 is 0 Å². The fraction of sp³-hybridized carbons (Fsp3) is 0.308. The van der Waals surface area contributed by atoms with E-state index in [1.165, 1.54) is 10.6 Å². The Bertz CT molecular complexity index is 698. The standard InChI is InChI=1S/C13H15N3O3/c1-8-6-11(17)16(9(2)12(8)13(18)19)7-10-14-4-5-15(10)3/h4-6H,7H2,1-3H3,(H,18,19). The highest BCUT2D eigenvalue weighted by atomic mass is 16.4. The molecule has 0 aliphatic heterocycles. The third-order valence-corrected chi connectivity index (χ3v) is 3.20. The Morgan fingerprint density at radius 2 is 2.11 bits per heavy atom. The summed E-state index contributed by atoms with van der Waals surface area (Å²) in [6.45, 7) is 3.53. The largest absolute Gasteiger partial charge is 0.478 e. The van der Waals surface area contributed by atoms with Gasteiger partial charge in [0.1, 0.15) is 5.82 Å². The lowest BCUT2D eigenvalue weighted by Gasteiger charge is -2.13. The number of carboxylic acid groups (broad SMARTS) is 1. The second kappa shape index (κ2) is 4.72. The van der Waals surface area contributed by atoms with E-state index in [1.54, 1.807) is 30.8 Å². The van der Waals surface area contributed by atoms with Crippen LogP contribution in [0.1, 0.15) is 27.4 Å². The minimum Gasteiger partial charge on any atom is -0.478 e. The molecule has 2 aromatic rings. The minimum atomic E-state index is -1.02. The van der Waals surface area contributed by atoms with Crippen molar-refractivity contribution in [3.63, 3.8) is 0 Å². The van der Waals surface area contributed by atoms with Crippen molar-refractivity contribution in [3.8, 4) is 0 Å². The van der Waals surface area contributed by atoms with Gasteiger partial charge >= 0.3 is 5.97 Å². The summed E-state index contributed by atoms with van der Waals surface area (Å²) in [7, 11) is 1.83. The molecule has 0 fully saturated rings. The van der Waals surface area contributed by atoms with Crippen LogP contribution in [0.25, 0.3) is 0 Å². The molecule has 0 saturated heterocycles. The first-order valence-corrected chi connectivity index (χ1v) is 5.82. The second-order valence-corrected chi connectivity index (χ2v) is 4.47. The number of imidazole rings is 1. The number of rotatable bonds is 3. The van der Waals surface area contributed by atoms with Gasteiger partial charge in [-0.15, -0.1) is 0 Å². The average Bonchev–Trinajstić information content (AvgIpc) is 2.69. The zero-order chi connectivity index (χ0) is 14.2. The van der Waals surface area contributed by atoms with Gasteiger partial charge < -0.3 is 14.2 Å². The molecule has 100 valence electrons. The van der Waals surface area contributed by atoms with Gasteiger partial charge in [-0.05, 0) is 19.4 Å². The van der Waals surface area contributed by atoms with Gasteiger partial charge in [0.05, 0.1) is 12.1 Å². The van der Waals surface area contributed by atoms with Gasteiger partial charge in [0, 0.05) is 31.2 Å². The van der Waals surface area contributed by atoms with Crippen molar-refractivity contribution in [3.05, 3.63) is 51.5 Å². The van der Waals surface area contributed by atoms with Crippen LogP contribution in [0, 0.1) is 13.8 Å². The summed E-state index contributed by atoms with van der Waals surface area (Å²) in [5.41, 5.74) is 0.878. The number of nitrogens with zero attached hydrogens (tertiary/aromatic N) is 3. The van der Waals surface area contributed by atoms with Crippen LogP contribution < -0.4 is 5.56 Å². The normalized spacial score (nSPS) is 10.7. The molecule has 2 rings (SSSR count). The highest BCUT2D eigenvalue weighted by molar-refractivity contribution is 5.90. The van der Waals surface area contributed by atoms with Crippen LogP contribution >= 0.6 is 0 Å². The third kappa shape index (κ3) is 2.29. The van der Waals surface area contributed by atoms with Gasteiger partial charge in [0.15, 0.2) is 0 Å². The zero-order valence-electron chi connectivity index (χ0n) is 11.0. The quantitative estimate of drug-likeness (QED) is 0.892. The second-order valence-electron chi connectivity index (χ2n) is 4.47. The van der Waals surface area contributed by atoms with Crippen LogP contribution in [-0.4, -0.2) is 25.2 Å². The fourth-order valence-corrected chi connectivity index (χ4v) is 2.13. The van der Waals surface area contributed by atoms with E-state index in [1.807, 2.05) is 7.05 Å². The van der Waals surface area contributed by atoms with Crippen molar-refractivity contribution in [2.75, 3.05) is 0 Å². The van der Waals surface area contributed by atoms with Crippen LogP contribution in [0.5, 0.6) is 0 Å². The number of carbonyl (C=O) groups is 1. The van der Waals surface area contributed by atoms with Gasteiger partial charge in [-0.25, -0.2) is 9.78 Å². The van der Waals surface area contributed by atoms with E-state index in [0.29, 0.717) is 17.1 Å². The van der Waals surface area contributed by atoms with Crippen molar-refractivity contribution >= 4 is 5.97 Å². The summed E-state index contributed by atoms with van der Waals surface area (Å²) >= 11 is 0. The first kappa shape index (κ1) is 13.1. The Labute approximate surface area is 109 Å². The first-order valence-electron chi connectivity index (χ1n) is 5.82. The summed E-state index contributed by atoms with van der Waals surface area (Å²) in [6, 6.07) is 1.35. The minimum absolute atomic E-state index is 0.175. The van der Waals surface area contributed by atoms with Crippen LogP contribution in [0.2, 0.25) is 0 Å². The van der Waals surface area contributed by atoms with E-state index in [2.05, 4.69) is 4.98 Å². The van der Waals surface area contributed by atoms with Crippen LogP contribution in [-0.2, 0) is 13.6 Å². The average molecular weight is 261 g/mol. The summed E-state index contributed by atoms with van der Waals surface area (Å²) < 4.78 is 3.23. The first-order chi connectivity index (χ1) is 8.91. The monoisotopic (exact) mass is 261 g/mol. The summed E-state index contributed by atoms with van der Waals surface area (Å²) in [5, 5.41) is 9.21. The van der Waals surface area contributed by atoms with Crippen molar-refractivity contribution in [1.29, 1.82) is 0 Å². The maximum atomic E-state index is 12.0. The molecule has 2 aromatic heterocycles. The SMILES string of the molecule is Cc1cc(=O)n(Cc2nccn2C)c(C)c1C(=O)O. The molecule has 0 spiro atoms. The molecule has 2 heterocycles. The highest BCUT2D eigenvalue weighted by Gasteiger charge is 2.16. The molecule has 0 aliphatic carbocycles. The van der Waals surface area contributed by atoms with E-state index < -0.39 is 5.97 Å². The Balaban J connectivity index is 2.58. The van der Waals surface area contributed by atoms with E-state index in [0.717, 1.165) is 0 Å². The topological polar surface area (TPSA) is 77.1 Å². The number of pyridine rings is 1. The zero-order valence-corrected chi connectivity index (χ0v) is 11.0. The van der Waals surface area contributed by atoms with Crippen LogP contribution in [0.3, 0.4) is 0 Å². The predicted molar refractivity (Wildman–Crippen MR) is 69.4 cm³/mol. The lowest BCUT2D eigenvalue weighted by Crippen LogP contribution is -2.27. The van der Waals surface area contributed by atoms with Crippen LogP contribution in [0.15, 0.2) is 23.3 Å². The molecular weight excluding hydrogens is 246 g/mol. The maximum Gasteiger partial charge on any atom is 0.337 e. The van der Waals surface area contributed by atoms with Crippen molar-refractivity contribution < 1.29 is 9.90 Å². The van der Waals surface area contributed by atoms with E-state index in [4.69, 9.17) is 0 Å². The molecule has 1 N–H and O–H groups in total. The molecule has 0 unspecified atom stereocenters. The van der Waals surface area contributed by atoms with Gasteiger partial charge in [-0.1, -0.05) is 0 Å². The molecule has 0 atom stereocenters. The number of aromatic carboxylic acids is 1. The molecule has 0 radical (unpaired) electrons. The Morgan fingerprint density at radius 3 is 2.63 bits per heavy atom.